The van der Waals surface area contributed by atoms with Gasteiger partial charge < -0.3 is 0 Å². The molecule has 0 aromatic carbocycles. The van der Waals surface area contributed by atoms with Crippen LogP contribution in [0.3, 0.4) is 0 Å². The summed E-state index contributed by atoms with van der Waals surface area (Å²) >= 11 is 0. The molecule has 0 saturated heterocycles. The fourth-order valence-corrected chi connectivity index (χ4v) is 0. The van der Waals surface area contributed by atoms with Gasteiger partial charge in [0.25, 0.3) is 0 Å². The summed E-state index contributed by atoms with van der Waals surface area (Å²) in [4.78, 5) is 0. The zero-order valence-electron chi connectivity index (χ0n) is 0. The molecule has 3 heteroatoms. The third-order valence-corrected chi connectivity index (χ3v) is 0. The van der Waals surface area contributed by atoms with Crippen LogP contribution in [-0.2, 0) is 0 Å². The van der Waals surface area contributed by atoms with E-state index in [-0.39, 0.29) is 44.2 Å². The Morgan fingerprint density at radius 2 is 1.00 bits per heavy atom. The lowest BCUT2D eigenvalue weighted by molar-refractivity contribution is 2.50. The monoisotopic (exact) mass is 92.1 g/mol. The van der Waals surface area contributed by atoms with Crippen LogP contribution in [0.5, 0.6) is 0 Å². The molecule has 0 unspecified atom stereocenters. The third kappa shape index (κ3) is 14.0. The minimum atomic E-state index is 0. The van der Waals surface area contributed by atoms with E-state index in [1.807, 2.05) is 0 Å². The van der Waals surface area contributed by atoms with Crippen LogP contribution in [0, 0.1) is 0 Å². The Morgan fingerprint density at radius 3 is 1.00 bits per heavy atom. The number of hydrogen-bond donors (Lipinski definition) is 0. The summed E-state index contributed by atoms with van der Waals surface area (Å²) in [6.07, 6.45) is 0. The smallest absolute Gasteiger partial charge is 0.0776 e. The summed E-state index contributed by atoms with van der Waals surface area (Å²) in [6, 6.07) is 0. The fraction of sp³-hybridized carbons (Fsp3) is 1.00. The molecule has 0 saturated carbocycles. The zero-order chi connectivity index (χ0) is 0. The lowest BCUT2D eigenvalue weighted by Gasteiger charge is -0.0776. The SMILES string of the molecule is B.C.[AlH3].[SiH4]. The molecule has 0 aliphatic rings. The van der Waals surface area contributed by atoms with E-state index >= 15 is 0 Å². The molecule has 0 atom stereocenters. The first-order chi connectivity index (χ1) is 0. The van der Waals surface area contributed by atoms with Crippen LogP contribution in [0.4, 0.5) is 0 Å². The van der Waals surface area contributed by atoms with Crippen molar-refractivity contribution in [3.63, 3.8) is 0 Å². The quantitative estimate of drug-likeness (QED) is 0.276. The van der Waals surface area contributed by atoms with Crippen molar-refractivity contribution < 1.29 is 0 Å². The molecule has 0 aromatic heterocycles. The summed E-state index contributed by atoms with van der Waals surface area (Å²) in [5, 5.41) is 0. The molecule has 0 fully saturated rings. The largest absolute Gasteiger partial charge is 0.187 e. The standard InChI is InChI=1S/CH4.Al.BH3.H4Si.3H/h1H4;;1H3;1H4;;;. The van der Waals surface area contributed by atoms with Gasteiger partial charge in [-0.2, -0.15) is 0 Å². The zero-order valence-corrected chi connectivity index (χ0v) is 0. The molecule has 0 rings (SSSR count). The van der Waals surface area contributed by atoms with Crippen LogP contribution in [0.15, 0.2) is 0 Å². The van der Waals surface area contributed by atoms with E-state index < -0.39 is 0 Å². The molecule has 4 heavy (non-hydrogen) atoms. The number of rotatable bonds is 0. The van der Waals surface area contributed by atoms with Crippen LogP contribution < -0.4 is 0 Å². The third-order valence-electron chi connectivity index (χ3n) is 0. The molecule has 0 amide bonds. The minimum absolute atomic E-state index is 0. The van der Waals surface area contributed by atoms with Gasteiger partial charge in [-0.15, -0.1) is 0 Å². The van der Waals surface area contributed by atoms with Crippen LogP contribution in [0.2, 0.25) is 0 Å². The molecule has 0 bridgehead atoms. The average molecular weight is 92.0 g/mol. The Labute approximate surface area is 44.7 Å². The van der Waals surface area contributed by atoms with Gasteiger partial charge in [-0.25, -0.2) is 0 Å². The highest BCUT2D eigenvalue weighted by molar-refractivity contribution is 5.76. The van der Waals surface area contributed by atoms with Crippen molar-refractivity contribution in [3.05, 3.63) is 0 Å². The Hall–Kier alpha value is 0.814. The van der Waals surface area contributed by atoms with E-state index in [2.05, 4.69) is 0 Å². The number of hydrogen-bond acceptors (Lipinski definition) is 0. The molecule has 0 N–H and O–H groups in total. The highest BCUT2D eigenvalue weighted by atomic mass is 28.1. The van der Waals surface area contributed by atoms with Crippen molar-refractivity contribution in [2.24, 2.45) is 0 Å². The van der Waals surface area contributed by atoms with E-state index in [1.165, 1.54) is 0 Å². The van der Waals surface area contributed by atoms with E-state index in [0.717, 1.165) is 0 Å². The first-order valence-corrected chi connectivity index (χ1v) is 0. The predicted octanol–water partition coefficient (Wildman–Crippen LogP) is -3.18. The lowest BCUT2D eigenvalue weighted by Crippen LogP contribution is -0.382. The van der Waals surface area contributed by atoms with Crippen LogP contribution >= 0.6 is 0 Å². The van der Waals surface area contributed by atoms with Crippen LogP contribution in [0.25, 0.3) is 0 Å². The molecule has 0 radical (unpaired) electrons. The molecular weight excluding hydrogens is 77.9 g/mol. The van der Waals surface area contributed by atoms with Crippen LogP contribution in [-0.4, -0.2) is 36.7 Å². The summed E-state index contributed by atoms with van der Waals surface area (Å²) in [6.45, 7) is 0. The average Bonchev–Trinajstić information content (AvgIpc) is 0. The predicted molar refractivity (Wildman–Crippen MR) is 37.9 cm³/mol. The topological polar surface area (TPSA) is 0 Å². The second-order valence-electron chi connectivity index (χ2n) is 0. The van der Waals surface area contributed by atoms with Gasteiger partial charge in [0.2, 0.25) is 0 Å². The van der Waals surface area contributed by atoms with Gasteiger partial charge in [0.1, 0.15) is 0 Å². The maximum atomic E-state index is 0. The highest BCUT2D eigenvalue weighted by Crippen LogP contribution is 0.144. The van der Waals surface area contributed by atoms with Crippen LogP contribution in [0.1, 0.15) is 7.43 Å². The summed E-state index contributed by atoms with van der Waals surface area (Å²) in [5.41, 5.74) is 0. The Kier molecular flexibility index (Phi) is 1200. The lowest BCUT2D eigenvalue weighted by atomic mass is 10.8. The van der Waals surface area contributed by atoms with Crippen molar-refractivity contribution in [2.45, 2.75) is 7.43 Å². The maximum absolute atomic E-state index is 0. The van der Waals surface area contributed by atoms with Gasteiger partial charge in [-0.3, -0.25) is 0 Å². The van der Waals surface area contributed by atoms with Gasteiger partial charge in [-0.05, 0) is 11.0 Å². The first-order valence-electron chi connectivity index (χ1n) is 0. The molecule has 0 aliphatic heterocycles. The normalized spacial score (nSPS) is 0. The molecule has 28 valence electrons. The Balaban J connectivity index is 0. The minimum Gasteiger partial charge on any atom is -0.0776 e. The van der Waals surface area contributed by atoms with Gasteiger partial charge >= 0.3 is 0 Å². The van der Waals surface area contributed by atoms with Crippen molar-refractivity contribution >= 4 is 36.7 Å². The molecule has 0 nitrogen and oxygen atoms in total. The first kappa shape index (κ1) is 106. The molecular formula is CH14AlBSi. The molecule has 0 aromatic rings. The van der Waals surface area contributed by atoms with E-state index in [4.69, 9.17) is 0 Å². The van der Waals surface area contributed by atoms with E-state index in [9.17, 15) is 0 Å². The summed E-state index contributed by atoms with van der Waals surface area (Å²) in [5.74, 6) is 0. The van der Waals surface area contributed by atoms with Crippen molar-refractivity contribution in [1.82, 2.24) is 0 Å². The van der Waals surface area contributed by atoms with Gasteiger partial charge in [0.15, 0.2) is 17.4 Å². The molecule has 0 spiro atoms. The van der Waals surface area contributed by atoms with Crippen molar-refractivity contribution in [3.8, 4) is 0 Å². The van der Waals surface area contributed by atoms with E-state index in [0.29, 0.717) is 0 Å². The molecule has 0 heterocycles. The van der Waals surface area contributed by atoms with Gasteiger partial charge in [0.05, 0.1) is 8.41 Å². The van der Waals surface area contributed by atoms with Gasteiger partial charge in [-0.1, -0.05) is 7.43 Å². The summed E-state index contributed by atoms with van der Waals surface area (Å²) < 4.78 is 0. The van der Waals surface area contributed by atoms with E-state index in [1.54, 1.807) is 0 Å². The van der Waals surface area contributed by atoms with Gasteiger partial charge in [0, 0.05) is 0 Å². The maximum Gasteiger partial charge on any atom is 0.187 e. The van der Waals surface area contributed by atoms with Crippen molar-refractivity contribution in [2.75, 3.05) is 0 Å². The van der Waals surface area contributed by atoms with Crippen molar-refractivity contribution in [1.29, 1.82) is 0 Å². The summed E-state index contributed by atoms with van der Waals surface area (Å²) in [7, 11) is 0. The Bertz CT molecular complexity index is 8.00. The Morgan fingerprint density at radius 1 is 1.00 bits per heavy atom. The second-order valence-corrected chi connectivity index (χ2v) is 0. The fourth-order valence-electron chi connectivity index (χ4n) is 0. The second kappa shape index (κ2) is 45.6. The molecule has 0 aliphatic carbocycles. The highest BCUT2D eigenvalue weighted by Gasteiger charge is 0.187.